The van der Waals surface area contributed by atoms with E-state index in [9.17, 15) is 0 Å². The lowest BCUT2D eigenvalue weighted by atomic mass is 10.2. The van der Waals surface area contributed by atoms with E-state index in [-0.39, 0.29) is 6.07 Å². The maximum absolute atomic E-state index is 5.44. The topological polar surface area (TPSA) is 22.1 Å². The van der Waals surface area contributed by atoms with E-state index in [1.54, 1.807) is 6.20 Å². The van der Waals surface area contributed by atoms with Crippen LogP contribution in [0.3, 0.4) is 0 Å². The van der Waals surface area contributed by atoms with Gasteiger partial charge in [0.05, 0.1) is 5.52 Å². The molecule has 3 heteroatoms. The number of nitrogens with zero attached hydrogens (tertiary/aromatic N) is 1. The van der Waals surface area contributed by atoms with Crippen LogP contribution in [0.2, 0.25) is 0 Å². The third-order valence-corrected chi connectivity index (χ3v) is 1.91. The number of benzene rings is 1. The van der Waals surface area contributed by atoms with Gasteiger partial charge in [-0.05, 0) is 18.2 Å². The highest BCUT2D eigenvalue weighted by atomic mass is 35.5. The quantitative estimate of drug-likeness (QED) is 0.685. The maximum Gasteiger partial charge on any atom is 0.162 e. The standard InChI is InChI=1S/C10H8ClNO/c11-7-13-9-4-3-8-2-1-5-12-10(8)6-9/h1-6H,7H2. The van der Waals surface area contributed by atoms with Gasteiger partial charge in [0, 0.05) is 17.6 Å². The number of ether oxygens (including phenoxy) is 1. The largest absolute Gasteiger partial charge is 0.478 e. The monoisotopic (exact) mass is 193 g/mol. The molecule has 0 fully saturated rings. The van der Waals surface area contributed by atoms with Crippen molar-refractivity contribution in [2.24, 2.45) is 0 Å². The highest BCUT2D eigenvalue weighted by Gasteiger charge is 1.96. The zero-order chi connectivity index (χ0) is 9.10. The van der Waals surface area contributed by atoms with Gasteiger partial charge in [-0.15, -0.1) is 0 Å². The van der Waals surface area contributed by atoms with Gasteiger partial charge in [-0.25, -0.2) is 0 Å². The third-order valence-electron chi connectivity index (χ3n) is 1.80. The minimum Gasteiger partial charge on any atom is -0.478 e. The predicted octanol–water partition coefficient (Wildman–Crippen LogP) is 2.81. The predicted molar refractivity (Wildman–Crippen MR) is 53.1 cm³/mol. The zero-order valence-corrected chi connectivity index (χ0v) is 7.66. The van der Waals surface area contributed by atoms with Gasteiger partial charge in [0.15, 0.2) is 6.07 Å². The molecular formula is C10H8ClNO. The summed E-state index contributed by atoms with van der Waals surface area (Å²) >= 11 is 5.44. The van der Waals surface area contributed by atoms with Crippen molar-refractivity contribution < 1.29 is 4.74 Å². The Balaban J connectivity index is 2.49. The fourth-order valence-electron chi connectivity index (χ4n) is 1.20. The van der Waals surface area contributed by atoms with Crippen LogP contribution in [0.25, 0.3) is 10.9 Å². The van der Waals surface area contributed by atoms with E-state index in [1.165, 1.54) is 0 Å². The first-order chi connectivity index (χ1) is 6.40. The molecule has 0 aliphatic rings. The van der Waals surface area contributed by atoms with Gasteiger partial charge in [-0.3, -0.25) is 4.98 Å². The maximum atomic E-state index is 5.44. The van der Waals surface area contributed by atoms with E-state index < -0.39 is 0 Å². The van der Waals surface area contributed by atoms with E-state index >= 15 is 0 Å². The van der Waals surface area contributed by atoms with Crippen LogP contribution >= 0.6 is 11.6 Å². The molecule has 0 saturated heterocycles. The number of pyridine rings is 1. The smallest absolute Gasteiger partial charge is 0.162 e. The van der Waals surface area contributed by atoms with Gasteiger partial charge in [-0.2, -0.15) is 0 Å². The molecule has 1 heterocycles. The van der Waals surface area contributed by atoms with E-state index in [1.807, 2.05) is 30.3 Å². The molecule has 0 aliphatic heterocycles. The first-order valence-corrected chi connectivity index (χ1v) is 4.47. The fourth-order valence-corrected chi connectivity index (χ4v) is 1.33. The molecule has 0 amide bonds. The number of rotatable bonds is 2. The van der Waals surface area contributed by atoms with Gasteiger partial charge >= 0.3 is 0 Å². The van der Waals surface area contributed by atoms with Gasteiger partial charge in [0.2, 0.25) is 0 Å². The first-order valence-electron chi connectivity index (χ1n) is 3.94. The normalized spacial score (nSPS) is 10.2. The number of hydrogen-bond donors (Lipinski definition) is 0. The van der Waals surface area contributed by atoms with Crippen LogP contribution in [0.1, 0.15) is 0 Å². The van der Waals surface area contributed by atoms with E-state index in [0.717, 1.165) is 16.7 Å². The molecule has 0 N–H and O–H groups in total. The summed E-state index contributed by atoms with van der Waals surface area (Å²) in [7, 11) is 0. The summed E-state index contributed by atoms with van der Waals surface area (Å²) in [6.07, 6.45) is 1.76. The Morgan fingerprint density at radius 2 is 2.23 bits per heavy atom. The van der Waals surface area contributed by atoms with Crippen LogP contribution in [-0.4, -0.2) is 11.1 Å². The third kappa shape index (κ3) is 1.73. The molecule has 0 atom stereocenters. The molecule has 2 nitrogen and oxygen atoms in total. The highest BCUT2D eigenvalue weighted by Crippen LogP contribution is 2.18. The van der Waals surface area contributed by atoms with Crippen molar-refractivity contribution in [2.45, 2.75) is 0 Å². The van der Waals surface area contributed by atoms with Crippen molar-refractivity contribution in [1.29, 1.82) is 0 Å². The van der Waals surface area contributed by atoms with Crippen LogP contribution in [0, 0.1) is 0 Å². The zero-order valence-electron chi connectivity index (χ0n) is 6.90. The van der Waals surface area contributed by atoms with Crippen molar-refractivity contribution >= 4 is 22.5 Å². The summed E-state index contributed by atoms with van der Waals surface area (Å²) in [5.41, 5.74) is 0.921. The molecule has 13 heavy (non-hydrogen) atoms. The number of halogens is 1. The minimum absolute atomic E-state index is 0.165. The molecule has 2 rings (SSSR count). The first kappa shape index (κ1) is 8.32. The number of aromatic nitrogens is 1. The number of hydrogen-bond acceptors (Lipinski definition) is 2. The second kappa shape index (κ2) is 3.62. The molecule has 0 bridgehead atoms. The van der Waals surface area contributed by atoms with Crippen molar-refractivity contribution in [1.82, 2.24) is 4.98 Å². The second-order valence-electron chi connectivity index (χ2n) is 2.61. The molecule has 0 saturated carbocycles. The van der Waals surface area contributed by atoms with Gasteiger partial charge < -0.3 is 4.74 Å². The lowest BCUT2D eigenvalue weighted by Crippen LogP contribution is -1.88. The molecule has 1 aromatic carbocycles. The Kier molecular flexibility index (Phi) is 2.32. The summed E-state index contributed by atoms with van der Waals surface area (Å²) in [4.78, 5) is 4.20. The Morgan fingerprint density at radius 3 is 3.08 bits per heavy atom. The molecule has 0 radical (unpaired) electrons. The van der Waals surface area contributed by atoms with Crippen molar-refractivity contribution in [3.8, 4) is 5.75 Å². The van der Waals surface area contributed by atoms with Crippen LogP contribution < -0.4 is 4.74 Å². The van der Waals surface area contributed by atoms with Crippen LogP contribution in [-0.2, 0) is 0 Å². The summed E-state index contributed by atoms with van der Waals surface area (Å²) in [6, 6.07) is 9.80. The minimum atomic E-state index is 0.165. The van der Waals surface area contributed by atoms with Crippen molar-refractivity contribution in [3.63, 3.8) is 0 Å². The molecular weight excluding hydrogens is 186 g/mol. The van der Waals surface area contributed by atoms with Crippen LogP contribution in [0.5, 0.6) is 5.75 Å². The second-order valence-corrected chi connectivity index (χ2v) is 2.83. The molecule has 2 aromatic rings. The Bertz CT molecular complexity index is 416. The van der Waals surface area contributed by atoms with Gasteiger partial charge in [-0.1, -0.05) is 17.7 Å². The number of fused-ring (bicyclic) bond motifs is 1. The fraction of sp³-hybridized carbons (Fsp3) is 0.100. The van der Waals surface area contributed by atoms with Gasteiger partial charge in [0.1, 0.15) is 5.75 Å². The highest BCUT2D eigenvalue weighted by molar-refractivity contribution is 6.17. The van der Waals surface area contributed by atoms with Crippen molar-refractivity contribution in [2.75, 3.05) is 6.07 Å². The summed E-state index contributed by atoms with van der Waals surface area (Å²) in [6.45, 7) is 0. The van der Waals surface area contributed by atoms with E-state index in [0.29, 0.717) is 0 Å². The SMILES string of the molecule is ClCOc1ccc2cccnc2c1. The molecule has 0 unspecified atom stereocenters. The molecule has 0 aliphatic carbocycles. The van der Waals surface area contributed by atoms with E-state index in [4.69, 9.17) is 16.3 Å². The lowest BCUT2D eigenvalue weighted by molar-refractivity contribution is 0.388. The molecule has 66 valence electrons. The Hall–Kier alpha value is -1.28. The Morgan fingerprint density at radius 1 is 1.31 bits per heavy atom. The molecule has 1 aromatic heterocycles. The summed E-state index contributed by atoms with van der Waals surface area (Å²) in [5.74, 6) is 0.751. The lowest BCUT2D eigenvalue weighted by Gasteiger charge is -2.02. The summed E-state index contributed by atoms with van der Waals surface area (Å²) < 4.78 is 5.14. The van der Waals surface area contributed by atoms with Crippen LogP contribution in [0.15, 0.2) is 36.5 Å². The Labute approximate surface area is 81.1 Å². The molecule has 0 spiro atoms. The average molecular weight is 194 g/mol. The average Bonchev–Trinajstić information content (AvgIpc) is 2.18. The van der Waals surface area contributed by atoms with E-state index in [2.05, 4.69) is 4.98 Å². The van der Waals surface area contributed by atoms with Crippen LogP contribution in [0.4, 0.5) is 0 Å². The number of alkyl halides is 1. The summed E-state index contributed by atoms with van der Waals surface area (Å²) in [5, 5.41) is 1.10. The van der Waals surface area contributed by atoms with Gasteiger partial charge in [0.25, 0.3) is 0 Å². The van der Waals surface area contributed by atoms with Crippen molar-refractivity contribution in [3.05, 3.63) is 36.5 Å².